The molecule has 0 saturated carbocycles. The fourth-order valence-corrected chi connectivity index (χ4v) is 5.07. The van der Waals surface area contributed by atoms with E-state index in [0.29, 0.717) is 0 Å². The first kappa shape index (κ1) is 23.9. The maximum absolute atomic E-state index is 13.5. The van der Waals surface area contributed by atoms with Crippen LogP contribution in [0.2, 0.25) is 0 Å². The topological polar surface area (TPSA) is 23.6 Å². The third-order valence-electron chi connectivity index (χ3n) is 6.80. The second-order valence-electron chi connectivity index (χ2n) is 9.45. The largest absolute Gasteiger partial charge is 0.293 e. The first-order chi connectivity index (χ1) is 17.8. The Balaban J connectivity index is 1.48. The average molecular weight is 473 g/mol. The molecule has 0 heterocycles. The molecule has 4 aromatic carbocycles. The predicted molar refractivity (Wildman–Crippen MR) is 146 cm³/mol. The molecular weight excluding hydrogens is 440 g/mol. The molecule has 2 atom stereocenters. The minimum absolute atomic E-state index is 0.0228. The van der Waals surface area contributed by atoms with Crippen molar-refractivity contribution in [1.82, 2.24) is 9.80 Å². The monoisotopic (exact) mass is 472 g/mol. The number of hydrogen-bond acceptors (Lipinski definition) is 3. The zero-order chi connectivity index (χ0) is 24.6. The molecule has 1 aliphatic rings. The summed E-state index contributed by atoms with van der Waals surface area (Å²) < 4.78 is 0. The normalized spacial score (nSPS) is 17.2. The lowest BCUT2D eigenvalue weighted by Gasteiger charge is -2.38. The van der Waals surface area contributed by atoms with Gasteiger partial charge in [0.1, 0.15) is 0 Å². The van der Waals surface area contributed by atoms with Crippen LogP contribution in [0.25, 0.3) is 0 Å². The summed E-state index contributed by atoms with van der Waals surface area (Å²) in [5.41, 5.74) is 4.92. The second kappa shape index (κ2) is 11.8. The van der Waals surface area contributed by atoms with Gasteiger partial charge in [-0.15, -0.1) is 0 Å². The SMILES string of the molecule is O=C1C=CC(N(Cc2ccccc2)Cc2ccccc2)C1N(Cc1ccccc1)Cc1ccccc1. The Morgan fingerprint density at radius 2 is 0.806 bits per heavy atom. The van der Waals surface area contributed by atoms with Crippen molar-refractivity contribution >= 4 is 5.78 Å². The summed E-state index contributed by atoms with van der Waals surface area (Å²) in [6.07, 6.45) is 3.91. The Morgan fingerprint density at radius 3 is 1.17 bits per heavy atom. The van der Waals surface area contributed by atoms with Gasteiger partial charge in [-0.05, 0) is 28.3 Å². The fourth-order valence-electron chi connectivity index (χ4n) is 5.07. The summed E-state index contributed by atoms with van der Waals surface area (Å²) in [7, 11) is 0. The summed E-state index contributed by atoms with van der Waals surface area (Å²) >= 11 is 0. The Kier molecular flexibility index (Phi) is 7.82. The number of benzene rings is 4. The molecule has 3 heteroatoms. The lowest BCUT2D eigenvalue weighted by Crippen LogP contribution is -2.51. The van der Waals surface area contributed by atoms with Crippen LogP contribution in [0.3, 0.4) is 0 Å². The van der Waals surface area contributed by atoms with Crippen molar-refractivity contribution in [3.63, 3.8) is 0 Å². The molecule has 0 amide bonds. The summed E-state index contributed by atoms with van der Waals surface area (Å²) in [5, 5.41) is 0. The van der Waals surface area contributed by atoms with Crippen molar-refractivity contribution in [1.29, 1.82) is 0 Å². The molecular formula is C33H32N2O. The Bertz CT molecular complexity index is 1170. The minimum Gasteiger partial charge on any atom is -0.293 e. The Hall–Kier alpha value is -3.79. The van der Waals surface area contributed by atoms with Crippen LogP contribution < -0.4 is 0 Å². The molecule has 4 aromatic rings. The standard InChI is InChI=1S/C33H32N2O/c36-32-22-21-31(34(23-27-13-5-1-6-14-27)24-28-15-7-2-8-16-28)33(32)35(25-29-17-9-3-10-18-29)26-30-19-11-4-12-20-30/h1-22,31,33H,23-26H2. The third-order valence-corrected chi connectivity index (χ3v) is 6.80. The number of carbonyl (C=O) groups excluding carboxylic acids is 1. The quantitative estimate of drug-likeness (QED) is 0.272. The summed E-state index contributed by atoms with van der Waals surface area (Å²) in [4.78, 5) is 18.3. The third kappa shape index (κ3) is 6.06. The van der Waals surface area contributed by atoms with Gasteiger partial charge in [0.25, 0.3) is 0 Å². The molecule has 1 aliphatic carbocycles. The van der Waals surface area contributed by atoms with E-state index in [4.69, 9.17) is 0 Å². The molecule has 36 heavy (non-hydrogen) atoms. The van der Waals surface area contributed by atoms with Crippen LogP contribution in [0.5, 0.6) is 0 Å². The molecule has 5 rings (SSSR count). The average Bonchev–Trinajstić information content (AvgIpc) is 3.31. The first-order valence-electron chi connectivity index (χ1n) is 12.6. The van der Waals surface area contributed by atoms with E-state index in [0.717, 1.165) is 26.2 Å². The molecule has 0 aromatic heterocycles. The molecule has 0 radical (unpaired) electrons. The molecule has 0 N–H and O–H groups in total. The first-order valence-corrected chi connectivity index (χ1v) is 12.6. The van der Waals surface area contributed by atoms with Gasteiger partial charge in [-0.1, -0.05) is 127 Å². The van der Waals surface area contributed by atoms with Gasteiger partial charge < -0.3 is 0 Å². The van der Waals surface area contributed by atoms with E-state index < -0.39 is 0 Å². The van der Waals surface area contributed by atoms with E-state index >= 15 is 0 Å². The van der Waals surface area contributed by atoms with Gasteiger partial charge in [0, 0.05) is 26.2 Å². The Labute approximate surface area is 214 Å². The number of ketones is 1. The number of nitrogens with zero attached hydrogens (tertiary/aromatic N) is 2. The maximum Gasteiger partial charge on any atom is 0.174 e. The fraction of sp³-hybridized carbons (Fsp3) is 0.182. The van der Waals surface area contributed by atoms with Gasteiger partial charge >= 0.3 is 0 Å². The second-order valence-corrected chi connectivity index (χ2v) is 9.45. The van der Waals surface area contributed by atoms with E-state index in [9.17, 15) is 4.79 Å². The van der Waals surface area contributed by atoms with Crippen LogP contribution in [-0.4, -0.2) is 27.7 Å². The van der Waals surface area contributed by atoms with Crippen LogP contribution in [0, 0.1) is 0 Å². The van der Waals surface area contributed by atoms with Gasteiger partial charge in [0.15, 0.2) is 5.78 Å². The highest BCUT2D eigenvalue weighted by atomic mass is 16.1. The van der Waals surface area contributed by atoms with Crippen molar-refractivity contribution in [2.75, 3.05) is 0 Å². The molecule has 0 fully saturated rings. The maximum atomic E-state index is 13.5. The molecule has 0 bridgehead atoms. The smallest absolute Gasteiger partial charge is 0.174 e. The summed E-state index contributed by atoms with van der Waals surface area (Å²) in [5.74, 6) is 0.179. The molecule has 0 spiro atoms. The van der Waals surface area contributed by atoms with Crippen LogP contribution in [0.1, 0.15) is 22.3 Å². The molecule has 2 unspecified atom stereocenters. The zero-order valence-corrected chi connectivity index (χ0v) is 20.5. The molecule has 3 nitrogen and oxygen atoms in total. The zero-order valence-electron chi connectivity index (χ0n) is 20.5. The lowest BCUT2D eigenvalue weighted by atomic mass is 10.0. The van der Waals surface area contributed by atoms with Gasteiger partial charge in [0.05, 0.1) is 12.1 Å². The van der Waals surface area contributed by atoms with Gasteiger partial charge in [0.2, 0.25) is 0 Å². The van der Waals surface area contributed by atoms with E-state index in [2.05, 4.69) is 113 Å². The van der Waals surface area contributed by atoms with Crippen molar-refractivity contribution in [2.45, 2.75) is 38.3 Å². The Morgan fingerprint density at radius 1 is 0.472 bits per heavy atom. The van der Waals surface area contributed by atoms with E-state index in [1.807, 2.05) is 24.3 Å². The van der Waals surface area contributed by atoms with Gasteiger partial charge in [-0.3, -0.25) is 14.6 Å². The van der Waals surface area contributed by atoms with Crippen molar-refractivity contribution < 1.29 is 4.79 Å². The molecule has 0 aliphatic heterocycles. The van der Waals surface area contributed by atoms with Crippen LogP contribution >= 0.6 is 0 Å². The van der Waals surface area contributed by atoms with E-state index in [1.165, 1.54) is 22.3 Å². The van der Waals surface area contributed by atoms with E-state index in [-0.39, 0.29) is 17.9 Å². The highest BCUT2D eigenvalue weighted by molar-refractivity contribution is 5.98. The van der Waals surface area contributed by atoms with Crippen molar-refractivity contribution in [3.05, 3.63) is 156 Å². The van der Waals surface area contributed by atoms with Crippen LogP contribution in [0.15, 0.2) is 133 Å². The number of rotatable bonds is 10. The van der Waals surface area contributed by atoms with Gasteiger partial charge in [-0.2, -0.15) is 0 Å². The highest BCUT2D eigenvalue weighted by Gasteiger charge is 2.38. The number of carbonyl (C=O) groups is 1. The van der Waals surface area contributed by atoms with E-state index in [1.54, 1.807) is 6.08 Å². The highest BCUT2D eigenvalue weighted by Crippen LogP contribution is 2.27. The van der Waals surface area contributed by atoms with Crippen LogP contribution in [-0.2, 0) is 31.0 Å². The summed E-state index contributed by atoms with van der Waals surface area (Å²) in [6.45, 7) is 2.99. The molecule has 180 valence electrons. The van der Waals surface area contributed by atoms with Crippen molar-refractivity contribution in [2.24, 2.45) is 0 Å². The number of hydrogen-bond donors (Lipinski definition) is 0. The van der Waals surface area contributed by atoms with Crippen LogP contribution in [0.4, 0.5) is 0 Å². The lowest BCUT2D eigenvalue weighted by molar-refractivity contribution is -0.121. The summed E-state index contributed by atoms with van der Waals surface area (Å²) in [6, 6.07) is 41.8. The predicted octanol–water partition coefficient (Wildman–Crippen LogP) is 6.27. The van der Waals surface area contributed by atoms with Gasteiger partial charge in [-0.25, -0.2) is 0 Å². The van der Waals surface area contributed by atoms with Crippen molar-refractivity contribution in [3.8, 4) is 0 Å². The molecule has 0 saturated heterocycles. The minimum atomic E-state index is -0.252.